The molecule has 0 aromatic heterocycles. The van der Waals surface area contributed by atoms with Gasteiger partial charge < -0.3 is 25.2 Å². The maximum absolute atomic E-state index is 11.5. The third kappa shape index (κ3) is 6.16. The van der Waals surface area contributed by atoms with Crippen LogP contribution in [-0.4, -0.2) is 61.5 Å². The Bertz CT molecular complexity index is 737. The van der Waals surface area contributed by atoms with Crippen molar-refractivity contribution in [3.8, 4) is 5.75 Å². The van der Waals surface area contributed by atoms with E-state index in [0.29, 0.717) is 5.75 Å². The molecule has 0 amide bonds. The number of hydrogen-bond donors (Lipinski definition) is 3. The average molecular weight is 391 g/mol. The monoisotopic (exact) mass is 390 g/mol. The number of methoxy groups -OCH3 is 1. The van der Waals surface area contributed by atoms with Crippen LogP contribution in [0.2, 0.25) is 0 Å². The van der Waals surface area contributed by atoms with Crippen LogP contribution in [-0.2, 0) is 4.79 Å². The minimum Gasteiger partial charge on any atom is -0.497 e. The summed E-state index contributed by atoms with van der Waals surface area (Å²) in [7, 11) is 5.58. The Kier molecular flexibility index (Phi) is 7.97. The zero-order valence-corrected chi connectivity index (χ0v) is 16.6. The van der Waals surface area contributed by atoms with Crippen LogP contribution in [0.1, 0.15) is 10.8 Å². The van der Waals surface area contributed by atoms with Gasteiger partial charge in [0.1, 0.15) is 5.75 Å². The van der Waals surface area contributed by atoms with Crippen molar-refractivity contribution in [1.29, 1.82) is 0 Å². The van der Waals surface area contributed by atoms with E-state index in [0.717, 1.165) is 29.2 Å². The molecule has 7 heteroatoms. The van der Waals surface area contributed by atoms with E-state index in [1.165, 1.54) is 11.8 Å². The molecule has 0 bridgehead atoms. The highest BCUT2D eigenvalue weighted by atomic mass is 32.2. The van der Waals surface area contributed by atoms with E-state index in [1.54, 1.807) is 31.4 Å². The molecule has 6 nitrogen and oxygen atoms in total. The number of aliphatic carboxylic acids is 1. The summed E-state index contributed by atoms with van der Waals surface area (Å²) in [4.78, 5) is 14.4. The van der Waals surface area contributed by atoms with Crippen LogP contribution in [0.15, 0.2) is 53.4 Å². The number of carboxylic acids is 1. The van der Waals surface area contributed by atoms with E-state index in [1.807, 2.05) is 38.4 Å². The third-order valence-corrected chi connectivity index (χ3v) is 5.39. The summed E-state index contributed by atoms with van der Waals surface area (Å²) in [6.45, 7) is 1.64. The standard InChI is InChI=1S/C20H26N2O4S/c1-22(2)13-12-21-16-6-4-5-7-17(16)27-19(18(23)20(24)25)14-8-10-15(26-3)11-9-14/h4-11,18-19,21,23H,12-13H2,1-3H3,(H,24,25). The molecule has 0 aliphatic carbocycles. The zero-order chi connectivity index (χ0) is 19.8. The summed E-state index contributed by atoms with van der Waals surface area (Å²) < 4.78 is 5.16. The highest BCUT2D eigenvalue weighted by Gasteiger charge is 2.29. The lowest BCUT2D eigenvalue weighted by Crippen LogP contribution is -2.26. The van der Waals surface area contributed by atoms with E-state index < -0.39 is 17.3 Å². The number of likely N-dealkylation sites (N-methyl/N-ethyl adjacent to an activating group) is 1. The van der Waals surface area contributed by atoms with E-state index in [4.69, 9.17) is 4.74 Å². The van der Waals surface area contributed by atoms with Gasteiger partial charge in [0, 0.05) is 23.7 Å². The van der Waals surface area contributed by atoms with Gasteiger partial charge >= 0.3 is 5.97 Å². The van der Waals surface area contributed by atoms with Crippen molar-refractivity contribution < 1.29 is 19.7 Å². The fourth-order valence-electron chi connectivity index (χ4n) is 2.50. The summed E-state index contributed by atoms with van der Waals surface area (Å²) in [5.41, 5.74) is 1.64. The molecule has 2 rings (SSSR count). The summed E-state index contributed by atoms with van der Waals surface area (Å²) in [6, 6.07) is 14.8. The van der Waals surface area contributed by atoms with E-state index in [-0.39, 0.29) is 0 Å². The number of carbonyl (C=O) groups is 1. The number of nitrogens with one attached hydrogen (secondary N) is 1. The number of ether oxygens (including phenoxy) is 1. The minimum absolute atomic E-state index is 0.648. The van der Waals surface area contributed by atoms with Crippen molar-refractivity contribution in [2.75, 3.05) is 39.6 Å². The number of carboxylic acid groups (broad SMARTS) is 1. The van der Waals surface area contributed by atoms with Crippen molar-refractivity contribution in [3.05, 3.63) is 54.1 Å². The van der Waals surface area contributed by atoms with Gasteiger partial charge in [-0.1, -0.05) is 24.3 Å². The average Bonchev–Trinajstić information content (AvgIpc) is 2.66. The van der Waals surface area contributed by atoms with Crippen molar-refractivity contribution in [1.82, 2.24) is 4.90 Å². The largest absolute Gasteiger partial charge is 0.497 e. The third-order valence-electron chi connectivity index (χ3n) is 4.00. The molecule has 27 heavy (non-hydrogen) atoms. The van der Waals surface area contributed by atoms with Crippen molar-refractivity contribution >= 4 is 23.4 Å². The molecule has 0 radical (unpaired) electrons. The molecular formula is C20H26N2O4S. The van der Waals surface area contributed by atoms with E-state index in [2.05, 4.69) is 10.2 Å². The Morgan fingerprint density at radius 2 is 1.85 bits per heavy atom. The van der Waals surface area contributed by atoms with Crippen LogP contribution in [0.25, 0.3) is 0 Å². The number of thioether (sulfide) groups is 1. The zero-order valence-electron chi connectivity index (χ0n) is 15.8. The predicted molar refractivity (Wildman–Crippen MR) is 109 cm³/mol. The lowest BCUT2D eigenvalue weighted by molar-refractivity contribution is -0.146. The smallest absolute Gasteiger partial charge is 0.334 e. The lowest BCUT2D eigenvalue weighted by Gasteiger charge is -2.22. The summed E-state index contributed by atoms with van der Waals surface area (Å²) in [5.74, 6) is -0.570. The van der Waals surface area contributed by atoms with Gasteiger partial charge in [-0.15, -0.1) is 11.8 Å². The number of nitrogens with zero attached hydrogens (tertiary/aromatic N) is 1. The van der Waals surface area contributed by atoms with Gasteiger partial charge in [0.25, 0.3) is 0 Å². The number of hydrogen-bond acceptors (Lipinski definition) is 6. The Morgan fingerprint density at radius 3 is 2.44 bits per heavy atom. The van der Waals surface area contributed by atoms with Gasteiger partial charge in [-0.25, -0.2) is 4.79 Å². The Labute approximate surface area is 164 Å². The van der Waals surface area contributed by atoms with Crippen LogP contribution in [0, 0.1) is 0 Å². The molecule has 0 heterocycles. The van der Waals surface area contributed by atoms with Crippen LogP contribution in [0.4, 0.5) is 5.69 Å². The van der Waals surface area contributed by atoms with Crippen LogP contribution in [0.5, 0.6) is 5.75 Å². The van der Waals surface area contributed by atoms with Gasteiger partial charge in [-0.3, -0.25) is 0 Å². The molecule has 0 aliphatic heterocycles. The second kappa shape index (κ2) is 10.2. The SMILES string of the molecule is COc1ccc(C(Sc2ccccc2NCCN(C)C)C(O)C(=O)O)cc1. The van der Waals surface area contributed by atoms with Gasteiger partial charge in [0.2, 0.25) is 0 Å². The first-order chi connectivity index (χ1) is 12.9. The molecular weight excluding hydrogens is 364 g/mol. The maximum Gasteiger partial charge on any atom is 0.334 e. The molecule has 0 saturated heterocycles. The van der Waals surface area contributed by atoms with Crippen molar-refractivity contribution in [3.63, 3.8) is 0 Å². The topological polar surface area (TPSA) is 82.0 Å². The summed E-state index contributed by atoms with van der Waals surface area (Å²) in [6.07, 6.45) is -1.53. The first kappa shape index (κ1) is 21.1. The number of benzene rings is 2. The Hall–Kier alpha value is -2.22. The summed E-state index contributed by atoms with van der Waals surface area (Å²) >= 11 is 1.33. The molecule has 146 valence electrons. The molecule has 0 aliphatic rings. The Balaban J connectivity index is 2.25. The number of anilines is 1. The van der Waals surface area contributed by atoms with E-state index >= 15 is 0 Å². The second-order valence-corrected chi connectivity index (χ2v) is 7.50. The highest BCUT2D eigenvalue weighted by Crippen LogP contribution is 2.41. The van der Waals surface area contributed by atoms with Gasteiger partial charge in [-0.05, 0) is 43.9 Å². The first-order valence-corrected chi connectivity index (χ1v) is 9.49. The van der Waals surface area contributed by atoms with Crippen LogP contribution < -0.4 is 10.1 Å². The maximum atomic E-state index is 11.5. The normalized spacial score (nSPS) is 13.2. The van der Waals surface area contributed by atoms with Crippen LogP contribution in [0.3, 0.4) is 0 Å². The molecule has 2 atom stereocenters. The molecule has 0 saturated carbocycles. The fourth-order valence-corrected chi connectivity index (χ4v) is 3.74. The molecule has 0 spiro atoms. The first-order valence-electron chi connectivity index (χ1n) is 8.61. The van der Waals surface area contributed by atoms with Gasteiger partial charge in [0.15, 0.2) is 6.10 Å². The van der Waals surface area contributed by atoms with Crippen molar-refractivity contribution in [2.45, 2.75) is 16.2 Å². The fraction of sp³-hybridized carbons (Fsp3) is 0.350. The minimum atomic E-state index is -1.53. The molecule has 2 aromatic carbocycles. The highest BCUT2D eigenvalue weighted by molar-refractivity contribution is 7.99. The summed E-state index contributed by atoms with van der Waals surface area (Å²) in [5, 5.41) is 22.4. The van der Waals surface area contributed by atoms with Crippen molar-refractivity contribution in [2.24, 2.45) is 0 Å². The number of aliphatic hydroxyl groups is 1. The number of aliphatic hydroxyl groups excluding tert-OH is 1. The lowest BCUT2D eigenvalue weighted by atomic mass is 10.1. The number of rotatable bonds is 10. The number of para-hydroxylation sites is 1. The quantitative estimate of drug-likeness (QED) is 0.538. The Morgan fingerprint density at radius 1 is 1.19 bits per heavy atom. The van der Waals surface area contributed by atoms with Crippen LogP contribution >= 0.6 is 11.8 Å². The molecule has 3 N–H and O–H groups in total. The van der Waals surface area contributed by atoms with E-state index in [9.17, 15) is 15.0 Å². The molecule has 2 aromatic rings. The van der Waals surface area contributed by atoms with Gasteiger partial charge in [0.05, 0.1) is 12.4 Å². The molecule has 2 unspecified atom stereocenters. The molecule has 0 fully saturated rings. The second-order valence-electron chi connectivity index (χ2n) is 6.32. The predicted octanol–water partition coefficient (Wildman–Crippen LogP) is 2.95. The van der Waals surface area contributed by atoms with Gasteiger partial charge in [-0.2, -0.15) is 0 Å².